The van der Waals surface area contributed by atoms with Crippen LogP contribution in [-0.4, -0.2) is 93.3 Å². The Kier molecular flexibility index (Phi) is 7.77. The topological polar surface area (TPSA) is 113 Å². The van der Waals surface area contributed by atoms with Gasteiger partial charge in [0.1, 0.15) is 33.4 Å². The molecule has 3 aromatic heterocycles. The molecule has 0 aliphatic carbocycles. The molecule has 14 heteroatoms. The summed E-state index contributed by atoms with van der Waals surface area (Å²) in [6.45, 7) is 9.36. The number of carbonyl (C=O) groups excluding carboxylic acids is 1. The van der Waals surface area contributed by atoms with Crippen molar-refractivity contribution < 1.29 is 18.7 Å². The average molecular weight is 615 g/mol. The first-order valence-electron chi connectivity index (χ1n) is 13.6. The number of hydrogen-bond donors (Lipinski definition) is 1. The third-order valence-electron chi connectivity index (χ3n) is 7.78. The van der Waals surface area contributed by atoms with Crippen LogP contribution in [0.2, 0.25) is 10.2 Å². The molecule has 5 heterocycles. The van der Waals surface area contributed by atoms with Crippen LogP contribution in [0.25, 0.3) is 21.8 Å². The van der Waals surface area contributed by atoms with Crippen LogP contribution in [-0.2, 0) is 4.79 Å². The number of H-pyrrole nitrogens is 1. The molecule has 0 spiro atoms. The quantitative estimate of drug-likeness (QED) is 0.234. The number of nitrogens with one attached hydrogen (secondary N) is 1. The number of rotatable bonds is 7. The normalized spacial score (nSPS) is 19.5. The Morgan fingerprint density at radius 3 is 2.69 bits per heavy atom. The molecular formula is C28H29Cl2FN8O3. The molecule has 220 valence electrons. The van der Waals surface area contributed by atoms with Crippen molar-refractivity contribution in [1.82, 2.24) is 34.9 Å². The molecule has 2 fully saturated rings. The Bertz CT molecular complexity index is 1680. The number of halogens is 3. The number of fused-ring (bicyclic) bond motifs is 2. The number of aromatic amines is 1. The van der Waals surface area contributed by atoms with E-state index >= 15 is 0 Å². The smallest absolute Gasteiger partial charge is 0.319 e. The number of benzene rings is 1. The number of ether oxygens (including phenoxy) is 2. The van der Waals surface area contributed by atoms with Gasteiger partial charge in [0.25, 0.3) is 0 Å². The van der Waals surface area contributed by atoms with Crippen LogP contribution >= 0.6 is 23.2 Å². The lowest BCUT2D eigenvalue weighted by Crippen LogP contribution is -2.48. The molecule has 2 atom stereocenters. The Labute approximate surface area is 251 Å². The third kappa shape index (κ3) is 5.30. The van der Waals surface area contributed by atoms with Crippen molar-refractivity contribution in [2.75, 3.05) is 51.2 Å². The van der Waals surface area contributed by atoms with E-state index in [0.717, 1.165) is 19.5 Å². The van der Waals surface area contributed by atoms with Crippen molar-refractivity contribution in [3.8, 4) is 17.6 Å². The lowest BCUT2D eigenvalue weighted by Gasteiger charge is -2.35. The fraction of sp³-hybridized carbons (Fsp3) is 0.393. The largest absolute Gasteiger partial charge is 0.458 e. The first-order chi connectivity index (χ1) is 20.2. The van der Waals surface area contributed by atoms with Crippen molar-refractivity contribution in [3.63, 3.8) is 0 Å². The monoisotopic (exact) mass is 614 g/mol. The lowest BCUT2D eigenvalue weighted by atomic mass is 10.0. The van der Waals surface area contributed by atoms with Crippen LogP contribution < -0.4 is 14.4 Å². The van der Waals surface area contributed by atoms with Crippen molar-refractivity contribution in [3.05, 3.63) is 47.0 Å². The Morgan fingerprint density at radius 2 is 1.95 bits per heavy atom. The zero-order valence-electron chi connectivity index (χ0n) is 23.1. The first kappa shape index (κ1) is 28.4. The number of anilines is 1. The van der Waals surface area contributed by atoms with E-state index in [1.54, 1.807) is 11.0 Å². The zero-order valence-corrected chi connectivity index (χ0v) is 24.6. The summed E-state index contributed by atoms with van der Waals surface area (Å²) in [4.78, 5) is 32.2. The van der Waals surface area contributed by atoms with E-state index in [2.05, 4.69) is 40.6 Å². The van der Waals surface area contributed by atoms with Gasteiger partial charge in [-0.3, -0.25) is 9.89 Å². The highest BCUT2D eigenvalue weighted by Gasteiger charge is 2.33. The van der Waals surface area contributed by atoms with Crippen LogP contribution in [0, 0.1) is 11.7 Å². The number of likely N-dealkylation sites (tertiary alicyclic amines) is 1. The van der Waals surface area contributed by atoms with Crippen LogP contribution in [0.3, 0.4) is 0 Å². The summed E-state index contributed by atoms with van der Waals surface area (Å²) in [5.41, 5.74) is 0.723. The second kappa shape index (κ2) is 11.5. The molecule has 0 bridgehead atoms. The number of aromatic nitrogens is 5. The molecule has 2 saturated heterocycles. The van der Waals surface area contributed by atoms with E-state index in [1.807, 2.05) is 4.90 Å². The number of carbonyl (C=O) groups is 1. The summed E-state index contributed by atoms with van der Waals surface area (Å²) in [6.07, 6.45) is 3.64. The summed E-state index contributed by atoms with van der Waals surface area (Å²) >= 11 is 12.8. The fourth-order valence-corrected chi connectivity index (χ4v) is 5.96. The Morgan fingerprint density at radius 1 is 1.17 bits per heavy atom. The molecular weight excluding hydrogens is 586 g/mol. The van der Waals surface area contributed by atoms with Crippen LogP contribution in [0.15, 0.2) is 31.0 Å². The van der Waals surface area contributed by atoms with E-state index in [0.29, 0.717) is 59.7 Å². The maximum Gasteiger partial charge on any atom is 0.319 e. The molecule has 11 nitrogen and oxygen atoms in total. The minimum Gasteiger partial charge on any atom is -0.458 e. The molecule has 0 saturated carbocycles. The predicted octanol–water partition coefficient (Wildman–Crippen LogP) is 4.69. The maximum absolute atomic E-state index is 14.7. The molecule has 6 rings (SSSR count). The molecule has 1 aromatic carbocycles. The second-order valence-corrected chi connectivity index (χ2v) is 11.2. The van der Waals surface area contributed by atoms with Gasteiger partial charge in [-0.2, -0.15) is 20.1 Å². The minimum atomic E-state index is -0.683. The van der Waals surface area contributed by atoms with Crippen molar-refractivity contribution >= 4 is 56.7 Å². The minimum absolute atomic E-state index is 0.0112. The molecule has 1 N–H and O–H groups in total. The fourth-order valence-electron chi connectivity index (χ4n) is 5.58. The summed E-state index contributed by atoms with van der Waals surface area (Å²) in [5.74, 6) is 0.106. The SMILES string of the molecule is C=CC(=O)N1CCN(c2nc(O[C@@H]3CN(C)C[C@H]3CC)nc3c(Oc4c(Cl)c(F)cc5[nH]ncc45)nc(Cl)cc23)CC1. The van der Waals surface area contributed by atoms with Crippen LogP contribution in [0.1, 0.15) is 13.3 Å². The van der Waals surface area contributed by atoms with Gasteiger partial charge in [-0.1, -0.05) is 36.7 Å². The second-order valence-electron chi connectivity index (χ2n) is 10.5. The molecule has 0 radical (unpaired) electrons. The number of piperazine rings is 1. The van der Waals surface area contributed by atoms with Gasteiger partial charge in [-0.25, -0.2) is 4.39 Å². The zero-order chi connectivity index (χ0) is 29.5. The van der Waals surface area contributed by atoms with Gasteiger partial charge in [0.05, 0.1) is 22.5 Å². The standard InChI is InChI=1S/C28H29Cl2FN8O3/c1-4-15-13-37(3)14-20(15)41-28-34-24-16(26(35-28)39-8-6-38(7-9-39)22(40)5-2)10-21(29)33-27(24)42-25-17-12-32-36-19(17)11-18(31)23(25)30/h5,10-12,15,20H,2,4,6-9,13-14H2,1,3H3,(H,32,36)/t15-,20-/m1/s1. The van der Waals surface area contributed by atoms with Crippen molar-refractivity contribution in [2.24, 2.45) is 5.92 Å². The lowest BCUT2D eigenvalue weighted by molar-refractivity contribution is -0.126. The Hall–Kier alpha value is -3.74. The highest BCUT2D eigenvalue weighted by Crippen LogP contribution is 2.41. The number of nitrogens with zero attached hydrogens (tertiary/aromatic N) is 7. The van der Waals surface area contributed by atoms with E-state index in [-0.39, 0.29) is 39.8 Å². The molecule has 2 aliphatic heterocycles. The third-order valence-corrected chi connectivity index (χ3v) is 8.33. The first-order valence-corrected chi connectivity index (χ1v) is 14.4. The van der Waals surface area contributed by atoms with Gasteiger partial charge < -0.3 is 24.2 Å². The molecule has 0 unspecified atom stereocenters. The predicted molar refractivity (Wildman–Crippen MR) is 158 cm³/mol. The molecule has 42 heavy (non-hydrogen) atoms. The van der Waals surface area contributed by atoms with Crippen LogP contribution in [0.4, 0.5) is 10.2 Å². The summed E-state index contributed by atoms with van der Waals surface area (Å²) in [7, 11) is 2.06. The molecule has 4 aromatic rings. The highest BCUT2D eigenvalue weighted by atomic mass is 35.5. The van der Waals surface area contributed by atoms with Gasteiger partial charge in [0.2, 0.25) is 11.8 Å². The van der Waals surface area contributed by atoms with Gasteiger partial charge in [0, 0.05) is 51.3 Å². The van der Waals surface area contributed by atoms with Gasteiger partial charge in [-0.15, -0.1) is 0 Å². The van der Waals surface area contributed by atoms with E-state index < -0.39 is 5.82 Å². The number of likely N-dealkylation sites (N-methyl/N-ethyl adjacent to an activating group) is 1. The Balaban J connectivity index is 1.46. The van der Waals surface area contributed by atoms with Crippen molar-refractivity contribution in [1.29, 1.82) is 0 Å². The number of hydrogen-bond acceptors (Lipinski definition) is 9. The van der Waals surface area contributed by atoms with Gasteiger partial charge >= 0.3 is 6.01 Å². The molecule has 2 aliphatic rings. The maximum atomic E-state index is 14.7. The summed E-state index contributed by atoms with van der Waals surface area (Å²) in [5, 5.41) is 7.64. The van der Waals surface area contributed by atoms with E-state index in [9.17, 15) is 9.18 Å². The van der Waals surface area contributed by atoms with E-state index in [1.165, 1.54) is 18.3 Å². The molecule has 1 amide bonds. The average Bonchev–Trinajstić information content (AvgIpc) is 3.60. The van der Waals surface area contributed by atoms with Gasteiger partial charge in [0.15, 0.2) is 5.75 Å². The number of amides is 1. The summed E-state index contributed by atoms with van der Waals surface area (Å²) in [6, 6.07) is 3.06. The van der Waals surface area contributed by atoms with Gasteiger partial charge in [-0.05, 0) is 25.6 Å². The van der Waals surface area contributed by atoms with E-state index in [4.69, 9.17) is 42.6 Å². The van der Waals surface area contributed by atoms with Crippen LogP contribution in [0.5, 0.6) is 17.6 Å². The number of pyridine rings is 1. The highest BCUT2D eigenvalue weighted by molar-refractivity contribution is 6.33. The van der Waals surface area contributed by atoms with Crippen molar-refractivity contribution in [2.45, 2.75) is 19.4 Å². The summed E-state index contributed by atoms with van der Waals surface area (Å²) < 4.78 is 27.3.